The third kappa shape index (κ3) is 3.11. The molecule has 0 unspecified atom stereocenters. The molecule has 106 valence electrons. The van der Waals surface area contributed by atoms with Crippen LogP contribution in [0.3, 0.4) is 0 Å². The predicted molar refractivity (Wildman–Crippen MR) is 83.3 cm³/mol. The van der Waals surface area contributed by atoms with Crippen LogP contribution in [0.1, 0.15) is 11.5 Å². The Labute approximate surface area is 124 Å². The van der Waals surface area contributed by atoms with Crippen LogP contribution < -0.4 is 4.90 Å². The average Bonchev–Trinajstić information content (AvgIpc) is 2.98. The SMILES string of the molecule is CN(C)c1nnc(Cc2ccc(-c3ccccc3)cc2)o1. The fourth-order valence-corrected chi connectivity index (χ4v) is 2.12. The molecule has 0 bridgehead atoms. The lowest BCUT2D eigenvalue weighted by Crippen LogP contribution is -2.08. The van der Waals surface area contributed by atoms with Gasteiger partial charge in [0.2, 0.25) is 5.89 Å². The minimum absolute atomic E-state index is 0.533. The van der Waals surface area contributed by atoms with Crippen LogP contribution >= 0.6 is 0 Å². The van der Waals surface area contributed by atoms with Crippen LogP contribution in [0.25, 0.3) is 11.1 Å². The van der Waals surface area contributed by atoms with Gasteiger partial charge in [-0.2, -0.15) is 0 Å². The van der Waals surface area contributed by atoms with Crippen molar-refractivity contribution in [2.75, 3.05) is 19.0 Å². The van der Waals surface area contributed by atoms with Gasteiger partial charge >= 0.3 is 6.01 Å². The van der Waals surface area contributed by atoms with Crippen LogP contribution in [-0.4, -0.2) is 24.3 Å². The van der Waals surface area contributed by atoms with Gasteiger partial charge in [-0.1, -0.05) is 59.7 Å². The van der Waals surface area contributed by atoms with Crippen LogP contribution in [0, 0.1) is 0 Å². The first-order valence-corrected chi connectivity index (χ1v) is 6.86. The van der Waals surface area contributed by atoms with Gasteiger partial charge in [-0.15, -0.1) is 5.10 Å². The van der Waals surface area contributed by atoms with Crippen molar-refractivity contribution in [3.63, 3.8) is 0 Å². The molecule has 0 spiro atoms. The van der Waals surface area contributed by atoms with E-state index >= 15 is 0 Å². The van der Waals surface area contributed by atoms with E-state index in [9.17, 15) is 0 Å². The molecule has 0 N–H and O–H groups in total. The summed E-state index contributed by atoms with van der Waals surface area (Å²) in [5.41, 5.74) is 3.58. The molecule has 0 amide bonds. The summed E-state index contributed by atoms with van der Waals surface area (Å²) >= 11 is 0. The summed E-state index contributed by atoms with van der Waals surface area (Å²) in [4.78, 5) is 1.80. The molecule has 0 aliphatic rings. The number of benzene rings is 2. The maximum absolute atomic E-state index is 5.57. The van der Waals surface area contributed by atoms with E-state index in [2.05, 4.69) is 46.6 Å². The minimum atomic E-state index is 0.533. The van der Waals surface area contributed by atoms with Gasteiger partial charge in [-0.05, 0) is 16.7 Å². The van der Waals surface area contributed by atoms with Crippen molar-refractivity contribution in [2.45, 2.75) is 6.42 Å². The summed E-state index contributed by atoms with van der Waals surface area (Å²) < 4.78 is 5.57. The van der Waals surface area contributed by atoms with Gasteiger partial charge in [0.25, 0.3) is 0 Å². The molecule has 21 heavy (non-hydrogen) atoms. The lowest BCUT2D eigenvalue weighted by atomic mass is 10.0. The monoisotopic (exact) mass is 279 g/mol. The second-order valence-electron chi connectivity index (χ2n) is 5.11. The lowest BCUT2D eigenvalue weighted by Gasteiger charge is -2.04. The summed E-state index contributed by atoms with van der Waals surface area (Å²) in [5, 5.41) is 8.04. The van der Waals surface area contributed by atoms with E-state index in [1.807, 2.05) is 32.3 Å². The summed E-state index contributed by atoms with van der Waals surface area (Å²) in [6.07, 6.45) is 0.649. The molecule has 4 nitrogen and oxygen atoms in total. The van der Waals surface area contributed by atoms with E-state index in [4.69, 9.17) is 4.42 Å². The van der Waals surface area contributed by atoms with E-state index in [0.29, 0.717) is 18.3 Å². The molecular weight excluding hydrogens is 262 g/mol. The highest BCUT2D eigenvalue weighted by Gasteiger charge is 2.08. The van der Waals surface area contributed by atoms with Crippen LogP contribution in [-0.2, 0) is 6.42 Å². The highest BCUT2D eigenvalue weighted by Crippen LogP contribution is 2.20. The third-order valence-electron chi connectivity index (χ3n) is 3.26. The molecule has 0 aliphatic heterocycles. The summed E-state index contributed by atoms with van der Waals surface area (Å²) in [7, 11) is 3.76. The Kier molecular flexibility index (Phi) is 3.69. The molecule has 0 radical (unpaired) electrons. The van der Waals surface area contributed by atoms with Crippen molar-refractivity contribution in [1.29, 1.82) is 0 Å². The highest BCUT2D eigenvalue weighted by molar-refractivity contribution is 5.63. The third-order valence-corrected chi connectivity index (χ3v) is 3.26. The topological polar surface area (TPSA) is 42.2 Å². The Bertz CT molecular complexity index is 702. The maximum atomic E-state index is 5.57. The summed E-state index contributed by atoms with van der Waals surface area (Å²) in [5.74, 6) is 0.631. The van der Waals surface area contributed by atoms with Gasteiger partial charge < -0.3 is 9.32 Å². The molecular formula is C17H17N3O. The van der Waals surface area contributed by atoms with Gasteiger partial charge in [0.05, 0.1) is 6.42 Å². The number of anilines is 1. The normalized spacial score (nSPS) is 10.6. The number of hydrogen-bond acceptors (Lipinski definition) is 4. The second-order valence-corrected chi connectivity index (χ2v) is 5.11. The van der Waals surface area contributed by atoms with Crippen molar-refractivity contribution in [3.05, 3.63) is 66.1 Å². The van der Waals surface area contributed by atoms with Crippen molar-refractivity contribution < 1.29 is 4.42 Å². The Hall–Kier alpha value is -2.62. The van der Waals surface area contributed by atoms with Crippen LogP contribution in [0.4, 0.5) is 6.01 Å². The Balaban J connectivity index is 1.75. The van der Waals surface area contributed by atoms with Crippen molar-refractivity contribution in [3.8, 4) is 11.1 Å². The first-order valence-electron chi connectivity index (χ1n) is 6.86. The molecule has 3 aromatic rings. The molecule has 3 rings (SSSR count). The zero-order chi connectivity index (χ0) is 14.7. The maximum Gasteiger partial charge on any atom is 0.317 e. The number of hydrogen-bond donors (Lipinski definition) is 0. The highest BCUT2D eigenvalue weighted by atomic mass is 16.4. The van der Waals surface area contributed by atoms with Crippen molar-refractivity contribution in [2.24, 2.45) is 0 Å². The van der Waals surface area contributed by atoms with Crippen molar-refractivity contribution in [1.82, 2.24) is 10.2 Å². The molecule has 0 atom stereocenters. The minimum Gasteiger partial charge on any atom is -0.408 e. The zero-order valence-corrected chi connectivity index (χ0v) is 12.2. The molecule has 1 aromatic heterocycles. The number of aromatic nitrogens is 2. The first kappa shape index (κ1) is 13.4. The molecule has 1 heterocycles. The van der Waals surface area contributed by atoms with Crippen LogP contribution in [0.2, 0.25) is 0 Å². The predicted octanol–water partition coefficient (Wildman–Crippen LogP) is 3.39. The van der Waals surface area contributed by atoms with Crippen molar-refractivity contribution >= 4 is 6.01 Å². The van der Waals surface area contributed by atoms with Gasteiger partial charge in [0.1, 0.15) is 0 Å². The largest absolute Gasteiger partial charge is 0.408 e. The molecule has 0 saturated carbocycles. The fraction of sp³-hybridized carbons (Fsp3) is 0.176. The lowest BCUT2D eigenvalue weighted by molar-refractivity contribution is 0.506. The molecule has 0 aliphatic carbocycles. The molecule has 0 fully saturated rings. The Morgan fingerprint density at radius 1 is 0.857 bits per heavy atom. The fourth-order valence-electron chi connectivity index (χ4n) is 2.12. The summed E-state index contributed by atoms with van der Waals surface area (Å²) in [6.45, 7) is 0. The molecule has 4 heteroatoms. The van der Waals surface area contributed by atoms with Gasteiger partial charge in [0.15, 0.2) is 0 Å². The quantitative estimate of drug-likeness (QED) is 0.734. The van der Waals surface area contributed by atoms with E-state index in [-0.39, 0.29) is 0 Å². The number of rotatable bonds is 4. The van der Waals surface area contributed by atoms with E-state index < -0.39 is 0 Å². The van der Waals surface area contributed by atoms with E-state index in [1.54, 1.807) is 4.90 Å². The average molecular weight is 279 g/mol. The van der Waals surface area contributed by atoms with Gasteiger partial charge in [-0.25, -0.2) is 0 Å². The Morgan fingerprint density at radius 2 is 1.52 bits per heavy atom. The molecule has 0 saturated heterocycles. The standard InChI is InChI=1S/C17H17N3O/c1-20(2)17-19-18-16(21-17)12-13-8-10-15(11-9-13)14-6-4-3-5-7-14/h3-11H,12H2,1-2H3. The van der Waals surface area contributed by atoms with E-state index in [0.717, 1.165) is 5.56 Å². The number of nitrogens with zero attached hydrogens (tertiary/aromatic N) is 3. The van der Waals surface area contributed by atoms with Gasteiger partial charge in [-0.3, -0.25) is 0 Å². The second kappa shape index (κ2) is 5.79. The first-order chi connectivity index (χ1) is 10.2. The van der Waals surface area contributed by atoms with Crippen LogP contribution in [0.15, 0.2) is 59.0 Å². The van der Waals surface area contributed by atoms with Crippen LogP contribution in [0.5, 0.6) is 0 Å². The smallest absolute Gasteiger partial charge is 0.317 e. The zero-order valence-electron chi connectivity index (χ0n) is 12.2. The molecule has 2 aromatic carbocycles. The van der Waals surface area contributed by atoms with Gasteiger partial charge in [0, 0.05) is 14.1 Å². The Morgan fingerprint density at radius 3 is 2.14 bits per heavy atom. The summed E-state index contributed by atoms with van der Waals surface area (Å²) in [6, 6.07) is 19.3. The van der Waals surface area contributed by atoms with E-state index in [1.165, 1.54) is 11.1 Å².